The number of nitrogens with zero attached hydrogens (tertiary/aromatic N) is 1. The van der Waals surface area contributed by atoms with Gasteiger partial charge in [0.1, 0.15) is 6.04 Å². The number of amides is 3. The van der Waals surface area contributed by atoms with E-state index >= 15 is 0 Å². The fourth-order valence-corrected chi connectivity index (χ4v) is 4.97. The third-order valence-electron chi connectivity index (χ3n) is 6.73. The maximum atomic E-state index is 12.8. The molecule has 1 unspecified atom stereocenters. The summed E-state index contributed by atoms with van der Waals surface area (Å²) in [6, 6.07) is 5.37. The topological polar surface area (TPSA) is 86.7 Å². The highest BCUT2D eigenvalue weighted by Gasteiger charge is 2.39. The summed E-state index contributed by atoms with van der Waals surface area (Å²) in [7, 11) is 0. The van der Waals surface area contributed by atoms with Crippen LogP contribution in [-0.2, 0) is 22.6 Å². The van der Waals surface area contributed by atoms with Crippen LogP contribution in [0.25, 0.3) is 0 Å². The van der Waals surface area contributed by atoms with E-state index in [1.54, 1.807) is 4.90 Å². The van der Waals surface area contributed by atoms with Crippen molar-refractivity contribution in [3.8, 4) is 0 Å². The molecule has 4 rings (SSSR count). The Balaban J connectivity index is 1.49. The number of fused-ring (bicyclic) bond motifs is 1. The molecular weight excluding hydrogens is 356 g/mol. The molecule has 2 N–H and O–H groups in total. The largest absolute Gasteiger partial charge is 0.390 e. The normalized spacial score (nSPS) is 33.0. The minimum atomic E-state index is -0.591. The van der Waals surface area contributed by atoms with Crippen LogP contribution in [-0.4, -0.2) is 39.4 Å². The summed E-state index contributed by atoms with van der Waals surface area (Å²) in [5, 5.41) is 12.8. The van der Waals surface area contributed by atoms with Gasteiger partial charge in [-0.15, -0.1) is 0 Å². The molecule has 1 saturated carbocycles. The van der Waals surface area contributed by atoms with Gasteiger partial charge in [0.25, 0.3) is 5.91 Å². The van der Waals surface area contributed by atoms with Gasteiger partial charge < -0.3 is 10.0 Å². The van der Waals surface area contributed by atoms with Crippen molar-refractivity contribution in [1.82, 2.24) is 10.2 Å². The molecule has 3 aliphatic rings. The van der Waals surface area contributed by atoms with Gasteiger partial charge in [-0.2, -0.15) is 0 Å². The van der Waals surface area contributed by atoms with E-state index in [1.807, 2.05) is 19.1 Å². The summed E-state index contributed by atoms with van der Waals surface area (Å²) in [6.07, 6.45) is 4.21. The van der Waals surface area contributed by atoms with Crippen molar-refractivity contribution in [3.05, 3.63) is 34.9 Å². The van der Waals surface area contributed by atoms with Crippen LogP contribution in [0.2, 0.25) is 0 Å². The number of hydrogen-bond acceptors (Lipinski definition) is 4. The summed E-state index contributed by atoms with van der Waals surface area (Å²) in [5.74, 6) is 0.200. The maximum absolute atomic E-state index is 12.8. The summed E-state index contributed by atoms with van der Waals surface area (Å²) in [6.45, 7) is 4.58. The van der Waals surface area contributed by atoms with E-state index in [4.69, 9.17) is 0 Å². The second kappa shape index (κ2) is 6.99. The number of hydrogen-bond donors (Lipinski definition) is 2. The number of carbonyl (C=O) groups is 3. The zero-order valence-corrected chi connectivity index (χ0v) is 16.5. The molecule has 28 heavy (non-hydrogen) atoms. The molecule has 6 heteroatoms. The van der Waals surface area contributed by atoms with E-state index in [2.05, 4.69) is 18.3 Å². The van der Waals surface area contributed by atoms with Gasteiger partial charge >= 0.3 is 0 Å². The first-order valence-corrected chi connectivity index (χ1v) is 10.2. The van der Waals surface area contributed by atoms with Crippen LogP contribution in [0, 0.1) is 11.8 Å². The lowest BCUT2D eigenvalue weighted by Crippen LogP contribution is -2.52. The smallest absolute Gasteiger partial charge is 0.255 e. The zero-order valence-electron chi connectivity index (χ0n) is 16.5. The summed E-state index contributed by atoms with van der Waals surface area (Å²) in [4.78, 5) is 37.9. The number of aliphatic hydroxyl groups is 1. The monoisotopic (exact) mass is 384 g/mol. The van der Waals surface area contributed by atoms with Crippen molar-refractivity contribution >= 4 is 17.7 Å². The van der Waals surface area contributed by atoms with Gasteiger partial charge in [-0.1, -0.05) is 19.1 Å². The van der Waals surface area contributed by atoms with Gasteiger partial charge in [0, 0.05) is 18.5 Å². The predicted molar refractivity (Wildman–Crippen MR) is 103 cm³/mol. The highest BCUT2D eigenvalue weighted by molar-refractivity contribution is 6.05. The van der Waals surface area contributed by atoms with Crippen molar-refractivity contribution in [2.24, 2.45) is 11.8 Å². The first kappa shape index (κ1) is 19.1. The van der Waals surface area contributed by atoms with E-state index in [0.717, 1.165) is 31.2 Å². The first-order chi connectivity index (χ1) is 13.2. The van der Waals surface area contributed by atoms with Crippen LogP contribution < -0.4 is 5.32 Å². The van der Waals surface area contributed by atoms with Gasteiger partial charge in [-0.3, -0.25) is 19.7 Å². The molecule has 1 aromatic rings. The van der Waals surface area contributed by atoms with Gasteiger partial charge in [-0.25, -0.2) is 0 Å². The fourth-order valence-electron chi connectivity index (χ4n) is 4.97. The third kappa shape index (κ3) is 3.58. The Labute approximate surface area is 165 Å². The van der Waals surface area contributed by atoms with E-state index in [9.17, 15) is 19.5 Å². The lowest BCUT2D eigenvalue weighted by atomic mass is 9.71. The van der Waals surface area contributed by atoms with E-state index in [1.165, 1.54) is 5.56 Å². The van der Waals surface area contributed by atoms with Gasteiger partial charge in [0.2, 0.25) is 11.8 Å². The number of carbonyl (C=O) groups excluding carboxylic acids is 3. The average molecular weight is 384 g/mol. The van der Waals surface area contributed by atoms with Crippen molar-refractivity contribution in [2.75, 3.05) is 0 Å². The predicted octanol–water partition coefficient (Wildman–Crippen LogP) is 2.18. The Morgan fingerprint density at radius 3 is 2.79 bits per heavy atom. The fraction of sp³-hybridized carbons (Fsp3) is 0.591. The molecule has 1 aromatic carbocycles. The molecule has 1 aliphatic carbocycles. The third-order valence-corrected chi connectivity index (χ3v) is 6.73. The number of piperidine rings is 1. The molecule has 150 valence electrons. The van der Waals surface area contributed by atoms with Crippen LogP contribution in [0.1, 0.15) is 67.4 Å². The van der Waals surface area contributed by atoms with Crippen molar-refractivity contribution in [2.45, 2.75) is 70.6 Å². The van der Waals surface area contributed by atoms with Gasteiger partial charge in [0.15, 0.2) is 0 Å². The van der Waals surface area contributed by atoms with Gasteiger partial charge in [-0.05, 0) is 68.1 Å². The Morgan fingerprint density at radius 2 is 2.04 bits per heavy atom. The van der Waals surface area contributed by atoms with Crippen LogP contribution >= 0.6 is 0 Å². The number of imide groups is 1. The molecule has 4 atom stereocenters. The highest BCUT2D eigenvalue weighted by atomic mass is 16.3. The van der Waals surface area contributed by atoms with E-state index in [0.29, 0.717) is 30.4 Å². The minimum Gasteiger partial charge on any atom is -0.390 e. The van der Waals surface area contributed by atoms with Crippen LogP contribution in [0.3, 0.4) is 0 Å². The summed E-state index contributed by atoms with van der Waals surface area (Å²) < 4.78 is 0. The van der Waals surface area contributed by atoms with Crippen molar-refractivity contribution < 1.29 is 19.5 Å². The molecule has 0 radical (unpaired) electrons. The molecule has 3 amide bonds. The summed E-state index contributed by atoms with van der Waals surface area (Å²) in [5.41, 5.74) is 2.18. The maximum Gasteiger partial charge on any atom is 0.255 e. The molecule has 2 aliphatic heterocycles. The molecule has 0 spiro atoms. The second-order valence-corrected chi connectivity index (χ2v) is 9.07. The first-order valence-electron chi connectivity index (χ1n) is 10.2. The zero-order chi connectivity index (χ0) is 20.1. The molecule has 0 bridgehead atoms. The number of benzene rings is 1. The Morgan fingerprint density at radius 1 is 1.25 bits per heavy atom. The Bertz CT molecular complexity index is 832. The van der Waals surface area contributed by atoms with Crippen LogP contribution in [0.5, 0.6) is 0 Å². The van der Waals surface area contributed by atoms with Gasteiger partial charge in [0.05, 0.1) is 5.60 Å². The molecular formula is C22H28N2O4. The standard InChI is InChI=1S/C22H28N2O4/c1-13-7-8-22(2,28)11-15(13)9-14-3-4-17-16(10-14)12-24(21(17)27)18-5-6-19(25)23-20(18)26/h3-4,10,13,15,18,28H,5-9,11-12H2,1-2H3,(H,23,25,26)/t13-,15-,18?,22+/m0/s1. The molecule has 6 nitrogen and oxygen atoms in total. The highest BCUT2D eigenvalue weighted by Crippen LogP contribution is 2.38. The van der Waals surface area contributed by atoms with Crippen LogP contribution in [0.15, 0.2) is 18.2 Å². The van der Waals surface area contributed by atoms with Crippen molar-refractivity contribution in [3.63, 3.8) is 0 Å². The quantitative estimate of drug-likeness (QED) is 0.782. The molecule has 0 aromatic heterocycles. The number of nitrogens with one attached hydrogen (secondary N) is 1. The summed E-state index contributed by atoms with van der Waals surface area (Å²) >= 11 is 0. The average Bonchev–Trinajstić information content (AvgIpc) is 2.94. The molecule has 2 heterocycles. The molecule has 2 fully saturated rings. The lowest BCUT2D eigenvalue weighted by Gasteiger charge is -2.38. The minimum absolute atomic E-state index is 0.134. The van der Waals surface area contributed by atoms with E-state index in [-0.39, 0.29) is 24.1 Å². The van der Waals surface area contributed by atoms with Crippen molar-refractivity contribution in [1.29, 1.82) is 0 Å². The van der Waals surface area contributed by atoms with Crippen LogP contribution in [0.4, 0.5) is 0 Å². The second-order valence-electron chi connectivity index (χ2n) is 9.07. The Kier molecular flexibility index (Phi) is 4.78. The van der Waals surface area contributed by atoms with E-state index < -0.39 is 11.6 Å². The number of rotatable bonds is 3. The lowest BCUT2D eigenvalue weighted by molar-refractivity contribution is -0.136. The SMILES string of the molecule is C[C@H]1CC[C@@](C)(O)C[C@@H]1Cc1ccc2c(c1)CN(C1CCC(=O)NC1=O)C2=O. The Hall–Kier alpha value is -2.21. The molecule has 1 saturated heterocycles.